The fourth-order valence-electron chi connectivity index (χ4n) is 3.95. The Morgan fingerprint density at radius 1 is 1.20 bits per heavy atom. The number of benzene rings is 2. The predicted octanol–water partition coefficient (Wildman–Crippen LogP) is 4.93. The molecule has 1 aliphatic heterocycles. The first-order valence-corrected chi connectivity index (χ1v) is 11.3. The highest BCUT2D eigenvalue weighted by molar-refractivity contribution is 6.07. The molecule has 0 saturated carbocycles. The quantitative estimate of drug-likeness (QED) is 0.518. The minimum atomic E-state index is -0.730. The van der Waals surface area contributed by atoms with Crippen LogP contribution in [0.4, 0.5) is 20.2 Å². The summed E-state index contributed by atoms with van der Waals surface area (Å²) in [6.07, 6.45) is 2.52. The number of amides is 1. The minimum Gasteiger partial charge on any atom is -0.487 e. The summed E-state index contributed by atoms with van der Waals surface area (Å²) in [5.74, 6) is -1.52. The van der Waals surface area contributed by atoms with Gasteiger partial charge in [-0.2, -0.15) is 5.26 Å². The molecule has 0 spiro atoms. The topological polar surface area (TPSA) is 87.5 Å². The molecule has 0 atom stereocenters. The standard InChI is InChI=1S/C26H24F2N4O3/c1-2-34-26-20(4-3-11-30-26)25(33)31-22-14-17(16-29)5-7-23(22)32-12-9-19(10-13-32)35-24-8-6-18(27)15-21(24)28/h3-8,11,14-15,19H,2,9-10,12-13H2,1H3,(H,31,33). The molecular weight excluding hydrogens is 454 g/mol. The second kappa shape index (κ2) is 10.8. The molecule has 3 aromatic rings. The number of carbonyl (C=O) groups excluding carboxylic acids is 1. The lowest BCUT2D eigenvalue weighted by atomic mass is 10.1. The third kappa shape index (κ3) is 5.66. The smallest absolute Gasteiger partial charge is 0.261 e. The Kier molecular flexibility index (Phi) is 7.41. The molecule has 2 aromatic carbocycles. The Morgan fingerprint density at radius 3 is 2.71 bits per heavy atom. The minimum absolute atomic E-state index is 0.0257. The number of anilines is 2. The van der Waals surface area contributed by atoms with Gasteiger partial charge in [0.15, 0.2) is 11.6 Å². The Hall–Kier alpha value is -4.19. The van der Waals surface area contributed by atoms with Gasteiger partial charge in [-0.05, 0) is 49.4 Å². The first-order valence-electron chi connectivity index (χ1n) is 11.3. The normalized spacial score (nSPS) is 13.7. The SMILES string of the molecule is CCOc1ncccc1C(=O)Nc1cc(C#N)ccc1N1CCC(Oc2ccc(F)cc2F)CC1. The van der Waals surface area contributed by atoms with Gasteiger partial charge in [0.05, 0.1) is 29.6 Å². The Labute approximate surface area is 201 Å². The average molecular weight is 478 g/mol. The van der Waals surface area contributed by atoms with Crippen molar-refractivity contribution in [3.63, 3.8) is 0 Å². The summed E-state index contributed by atoms with van der Waals surface area (Å²) in [7, 11) is 0. The molecule has 1 saturated heterocycles. The Bertz CT molecular complexity index is 1250. The summed E-state index contributed by atoms with van der Waals surface area (Å²) >= 11 is 0. The van der Waals surface area contributed by atoms with E-state index < -0.39 is 17.5 Å². The van der Waals surface area contributed by atoms with E-state index >= 15 is 0 Å². The van der Waals surface area contributed by atoms with Crippen molar-refractivity contribution in [2.24, 2.45) is 0 Å². The van der Waals surface area contributed by atoms with Gasteiger partial charge in [-0.1, -0.05) is 0 Å². The average Bonchev–Trinajstić information content (AvgIpc) is 2.87. The number of halogens is 2. The molecule has 0 radical (unpaired) electrons. The van der Waals surface area contributed by atoms with Crippen molar-refractivity contribution in [2.45, 2.75) is 25.9 Å². The van der Waals surface area contributed by atoms with E-state index in [9.17, 15) is 18.8 Å². The number of carbonyl (C=O) groups is 1. The third-order valence-corrected chi connectivity index (χ3v) is 5.64. The van der Waals surface area contributed by atoms with E-state index in [2.05, 4.69) is 21.3 Å². The fraction of sp³-hybridized carbons (Fsp3) is 0.269. The molecule has 1 amide bonds. The summed E-state index contributed by atoms with van der Waals surface area (Å²) in [6.45, 7) is 3.34. The van der Waals surface area contributed by atoms with Crippen molar-refractivity contribution in [2.75, 3.05) is 29.9 Å². The highest BCUT2D eigenvalue weighted by Crippen LogP contribution is 2.32. The van der Waals surface area contributed by atoms with Crippen molar-refractivity contribution < 1.29 is 23.0 Å². The van der Waals surface area contributed by atoms with E-state index in [1.165, 1.54) is 12.1 Å². The first-order chi connectivity index (χ1) is 17.0. The summed E-state index contributed by atoms with van der Waals surface area (Å²) in [4.78, 5) is 19.2. The second-order valence-electron chi connectivity index (χ2n) is 7.97. The van der Waals surface area contributed by atoms with Gasteiger partial charge in [-0.3, -0.25) is 4.79 Å². The molecule has 4 rings (SSSR count). The zero-order chi connectivity index (χ0) is 24.8. The van der Waals surface area contributed by atoms with Crippen LogP contribution in [0.3, 0.4) is 0 Å². The fourth-order valence-corrected chi connectivity index (χ4v) is 3.95. The van der Waals surface area contributed by atoms with Gasteiger partial charge in [0, 0.05) is 38.2 Å². The predicted molar refractivity (Wildman–Crippen MR) is 127 cm³/mol. The van der Waals surface area contributed by atoms with E-state index in [0.29, 0.717) is 43.8 Å². The van der Waals surface area contributed by atoms with Crippen LogP contribution in [0.2, 0.25) is 0 Å². The molecule has 1 aromatic heterocycles. The van der Waals surface area contributed by atoms with Crippen molar-refractivity contribution in [1.29, 1.82) is 5.26 Å². The molecule has 35 heavy (non-hydrogen) atoms. The van der Waals surface area contributed by atoms with Crippen LogP contribution in [0.15, 0.2) is 54.7 Å². The molecule has 0 aliphatic carbocycles. The van der Waals surface area contributed by atoms with Crippen molar-refractivity contribution in [3.05, 3.63) is 77.5 Å². The van der Waals surface area contributed by atoms with Crippen molar-refractivity contribution >= 4 is 17.3 Å². The van der Waals surface area contributed by atoms with Crippen LogP contribution in [-0.4, -0.2) is 36.7 Å². The number of piperidine rings is 1. The largest absolute Gasteiger partial charge is 0.487 e. The summed E-state index contributed by atoms with van der Waals surface area (Å²) < 4.78 is 38.3. The van der Waals surface area contributed by atoms with Gasteiger partial charge in [0.2, 0.25) is 5.88 Å². The van der Waals surface area contributed by atoms with Gasteiger partial charge >= 0.3 is 0 Å². The van der Waals surface area contributed by atoms with E-state index in [0.717, 1.165) is 11.8 Å². The summed E-state index contributed by atoms with van der Waals surface area (Å²) in [5, 5.41) is 12.3. The number of ether oxygens (including phenoxy) is 2. The summed E-state index contributed by atoms with van der Waals surface area (Å²) in [6, 6.07) is 13.7. The number of pyridine rings is 1. The van der Waals surface area contributed by atoms with Crippen LogP contribution in [-0.2, 0) is 0 Å². The van der Waals surface area contributed by atoms with Gasteiger partial charge in [0.1, 0.15) is 17.5 Å². The molecule has 1 aliphatic rings. The van der Waals surface area contributed by atoms with E-state index in [1.54, 1.807) is 36.5 Å². The number of nitrogens with one attached hydrogen (secondary N) is 1. The van der Waals surface area contributed by atoms with Crippen molar-refractivity contribution in [3.8, 4) is 17.7 Å². The van der Waals surface area contributed by atoms with Crippen LogP contribution in [0.1, 0.15) is 35.7 Å². The zero-order valence-electron chi connectivity index (χ0n) is 19.1. The van der Waals surface area contributed by atoms with Gasteiger partial charge < -0.3 is 19.7 Å². The van der Waals surface area contributed by atoms with Crippen molar-refractivity contribution in [1.82, 2.24) is 4.98 Å². The van der Waals surface area contributed by atoms with Crippen LogP contribution in [0.25, 0.3) is 0 Å². The molecule has 9 heteroatoms. The maximum Gasteiger partial charge on any atom is 0.261 e. The highest BCUT2D eigenvalue weighted by atomic mass is 19.1. The lowest BCUT2D eigenvalue weighted by Crippen LogP contribution is -2.38. The van der Waals surface area contributed by atoms with E-state index in [1.807, 2.05) is 6.92 Å². The summed E-state index contributed by atoms with van der Waals surface area (Å²) in [5.41, 5.74) is 1.94. The molecule has 0 bridgehead atoms. The number of hydrogen-bond acceptors (Lipinski definition) is 6. The number of rotatable bonds is 7. The number of nitriles is 1. The third-order valence-electron chi connectivity index (χ3n) is 5.64. The lowest BCUT2D eigenvalue weighted by Gasteiger charge is -2.35. The maximum atomic E-state index is 14.0. The molecule has 180 valence electrons. The number of aromatic nitrogens is 1. The molecule has 1 N–H and O–H groups in total. The Morgan fingerprint density at radius 2 is 2.00 bits per heavy atom. The lowest BCUT2D eigenvalue weighted by molar-refractivity contribution is 0.102. The van der Waals surface area contributed by atoms with Crippen LogP contribution in [0, 0.1) is 23.0 Å². The monoisotopic (exact) mass is 478 g/mol. The van der Waals surface area contributed by atoms with Crippen LogP contribution in [0.5, 0.6) is 11.6 Å². The van der Waals surface area contributed by atoms with Crippen LogP contribution < -0.4 is 19.7 Å². The molecule has 7 nitrogen and oxygen atoms in total. The van der Waals surface area contributed by atoms with E-state index in [4.69, 9.17) is 9.47 Å². The van der Waals surface area contributed by atoms with Gasteiger partial charge in [-0.15, -0.1) is 0 Å². The van der Waals surface area contributed by atoms with Gasteiger partial charge in [0.25, 0.3) is 5.91 Å². The zero-order valence-corrected chi connectivity index (χ0v) is 19.1. The molecule has 1 fully saturated rings. The number of nitrogens with zero attached hydrogens (tertiary/aromatic N) is 3. The molecular formula is C26H24F2N4O3. The number of hydrogen-bond donors (Lipinski definition) is 1. The second-order valence-corrected chi connectivity index (χ2v) is 7.97. The van der Waals surface area contributed by atoms with Crippen LogP contribution >= 0.6 is 0 Å². The molecule has 2 heterocycles. The first kappa shape index (κ1) is 24.0. The Balaban J connectivity index is 1.49. The maximum absolute atomic E-state index is 14.0. The highest BCUT2D eigenvalue weighted by Gasteiger charge is 2.24. The van der Waals surface area contributed by atoms with E-state index in [-0.39, 0.29) is 23.3 Å². The molecule has 0 unspecified atom stereocenters. The van der Waals surface area contributed by atoms with Gasteiger partial charge in [-0.25, -0.2) is 13.8 Å².